The Kier molecular flexibility index (Phi) is 2.02. The van der Waals surface area contributed by atoms with Crippen LogP contribution < -0.4 is 0 Å². The van der Waals surface area contributed by atoms with Gasteiger partial charge >= 0.3 is 0 Å². The SMILES string of the molecule is FC1(F)CC(Cn2cc(Cl)cn2)C1. The molecule has 1 aliphatic carbocycles. The average molecular weight is 207 g/mol. The fourth-order valence-corrected chi connectivity index (χ4v) is 1.77. The highest BCUT2D eigenvalue weighted by molar-refractivity contribution is 6.30. The summed E-state index contributed by atoms with van der Waals surface area (Å²) in [6.45, 7) is 0.544. The van der Waals surface area contributed by atoms with Crippen LogP contribution in [0, 0.1) is 5.92 Å². The first-order valence-corrected chi connectivity index (χ1v) is 4.49. The van der Waals surface area contributed by atoms with Crippen LogP contribution in [0.3, 0.4) is 0 Å². The fourth-order valence-electron chi connectivity index (χ4n) is 1.62. The topological polar surface area (TPSA) is 17.8 Å². The molecule has 1 aromatic heterocycles. The lowest BCUT2D eigenvalue weighted by molar-refractivity contribution is -0.114. The van der Waals surface area contributed by atoms with Crippen LogP contribution in [0.2, 0.25) is 5.02 Å². The van der Waals surface area contributed by atoms with Crippen LogP contribution in [0.1, 0.15) is 12.8 Å². The van der Waals surface area contributed by atoms with Crippen molar-refractivity contribution in [2.45, 2.75) is 25.3 Å². The predicted octanol–water partition coefficient (Wildman–Crippen LogP) is 2.58. The maximum Gasteiger partial charge on any atom is 0.248 e. The van der Waals surface area contributed by atoms with E-state index in [0.29, 0.717) is 11.6 Å². The van der Waals surface area contributed by atoms with Crippen LogP contribution in [0.15, 0.2) is 12.4 Å². The predicted molar refractivity (Wildman–Crippen MR) is 44.9 cm³/mol. The molecule has 1 aromatic rings. The molecule has 1 saturated carbocycles. The molecule has 0 unspecified atom stereocenters. The first-order valence-electron chi connectivity index (χ1n) is 4.11. The van der Waals surface area contributed by atoms with Gasteiger partial charge in [-0.1, -0.05) is 11.6 Å². The summed E-state index contributed by atoms with van der Waals surface area (Å²) in [6.07, 6.45) is 3.12. The van der Waals surface area contributed by atoms with E-state index in [0.717, 1.165) is 0 Å². The van der Waals surface area contributed by atoms with Crippen molar-refractivity contribution in [3.63, 3.8) is 0 Å². The summed E-state index contributed by atoms with van der Waals surface area (Å²) in [4.78, 5) is 0. The van der Waals surface area contributed by atoms with Crippen LogP contribution >= 0.6 is 11.6 Å². The van der Waals surface area contributed by atoms with Gasteiger partial charge in [0, 0.05) is 25.6 Å². The van der Waals surface area contributed by atoms with Crippen LogP contribution in [0.4, 0.5) is 8.78 Å². The minimum absolute atomic E-state index is 0.0233. The Morgan fingerprint density at radius 2 is 2.31 bits per heavy atom. The quantitative estimate of drug-likeness (QED) is 0.727. The summed E-state index contributed by atoms with van der Waals surface area (Å²) in [5, 5.41) is 4.47. The molecule has 0 aliphatic heterocycles. The molecule has 13 heavy (non-hydrogen) atoms. The lowest BCUT2D eigenvalue weighted by Crippen LogP contribution is -2.37. The monoisotopic (exact) mass is 206 g/mol. The second-order valence-corrected chi connectivity index (χ2v) is 3.95. The summed E-state index contributed by atoms with van der Waals surface area (Å²) >= 11 is 5.63. The Morgan fingerprint density at radius 3 is 2.77 bits per heavy atom. The molecule has 0 atom stereocenters. The number of hydrogen-bond donors (Lipinski definition) is 0. The molecule has 0 spiro atoms. The molecule has 5 heteroatoms. The van der Waals surface area contributed by atoms with Gasteiger partial charge in [-0.3, -0.25) is 4.68 Å². The van der Waals surface area contributed by atoms with Gasteiger partial charge in [0.05, 0.1) is 11.2 Å². The normalized spacial score (nSPS) is 21.5. The van der Waals surface area contributed by atoms with E-state index in [-0.39, 0.29) is 18.8 Å². The molecular weight excluding hydrogens is 198 g/mol. The van der Waals surface area contributed by atoms with Crippen LogP contribution in [0.5, 0.6) is 0 Å². The zero-order valence-corrected chi connectivity index (χ0v) is 7.64. The van der Waals surface area contributed by atoms with Gasteiger partial charge in [0.15, 0.2) is 0 Å². The number of rotatable bonds is 2. The van der Waals surface area contributed by atoms with Gasteiger partial charge in [-0.2, -0.15) is 5.10 Å². The molecule has 0 N–H and O–H groups in total. The third kappa shape index (κ3) is 1.99. The zero-order chi connectivity index (χ0) is 9.47. The first kappa shape index (κ1) is 8.94. The van der Waals surface area contributed by atoms with E-state index in [9.17, 15) is 8.78 Å². The minimum atomic E-state index is -2.44. The zero-order valence-electron chi connectivity index (χ0n) is 6.88. The smallest absolute Gasteiger partial charge is 0.248 e. The van der Waals surface area contributed by atoms with Crippen molar-refractivity contribution >= 4 is 11.6 Å². The van der Waals surface area contributed by atoms with E-state index in [1.165, 1.54) is 6.20 Å². The van der Waals surface area contributed by atoms with Crippen LogP contribution in [0.25, 0.3) is 0 Å². The summed E-state index contributed by atoms with van der Waals surface area (Å²) in [6, 6.07) is 0. The van der Waals surface area contributed by atoms with Gasteiger partial charge in [0.2, 0.25) is 5.92 Å². The molecule has 1 heterocycles. The molecule has 72 valence electrons. The highest BCUT2D eigenvalue weighted by Crippen LogP contribution is 2.42. The molecule has 0 amide bonds. The number of nitrogens with zero attached hydrogens (tertiary/aromatic N) is 2. The molecule has 0 bridgehead atoms. The maximum atomic E-state index is 12.4. The summed E-state index contributed by atoms with van der Waals surface area (Å²) in [5.74, 6) is -2.40. The van der Waals surface area contributed by atoms with Crippen molar-refractivity contribution in [2.24, 2.45) is 5.92 Å². The number of hydrogen-bond acceptors (Lipinski definition) is 1. The summed E-state index contributed by atoms with van der Waals surface area (Å²) < 4.78 is 26.5. The Hall–Kier alpha value is -0.640. The standard InChI is InChI=1S/C8H9ClF2N2/c9-7-3-12-13(5-7)4-6-1-8(10,11)2-6/h3,5-6H,1-2,4H2. The van der Waals surface area contributed by atoms with Gasteiger partial charge in [0.1, 0.15) is 0 Å². The maximum absolute atomic E-state index is 12.4. The lowest BCUT2D eigenvalue weighted by atomic mass is 9.81. The third-order valence-corrected chi connectivity index (χ3v) is 2.42. The molecule has 0 saturated heterocycles. The number of halogens is 3. The molecule has 0 aromatic carbocycles. The van der Waals surface area contributed by atoms with Gasteiger partial charge in [-0.25, -0.2) is 8.78 Å². The van der Waals surface area contributed by atoms with Crippen molar-refractivity contribution in [2.75, 3.05) is 0 Å². The summed E-state index contributed by atoms with van der Waals surface area (Å²) in [5.41, 5.74) is 0. The van der Waals surface area contributed by atoms with Crippen molar-refractivity contribution in [1.82, 2.24) is 9.78 Å². The lowest BCUT2D eigenvalue weighted by Gasteiger charge is -2.34. The van der Waals surface area contributed by atoms with Gasteiger partial charge in [-0.15, -0.1) is 0 Å². The fraction of sp³-hybridized carbons (Fsp3) is 0.625. The molecule has 0 radical (unpaired) electrons. The van der Waals surface area contributed by atoms with Crippen LogP contribution in [-0.4, -0.2) is 15.7 Å². The van der Waals surface area contributed by atoms with Crippen molar-refractivity contribution in [1.29, 1.82) is 0 Å². The van der Waals surface area contributed by atoms with Crippen molar-refractivity contribution in [3.05, 3.63) is 17.4 Å². The average Bonchev–Trinajstić information content (AvgIpc) is 2.31. The Labute approximate surface area is 79.5 Å². The number of alkyl halides is 2. The highest BCUT2D eigenvalue weighted by atomic mass is 35.5. The molecule has 2 rings (SSSR count). The molecule has 1 aliphatic rings. The molecule has 2 nitrogen and oxygen atoms in total. The van der Waals surface area contributed by atoms with Gasteiger partial charge < -0.3 is 0 Å². The van der Waals surface area contributed by atoms with E-state index in [1.54, 1.807) is 10.9 Å². The van der Waals surface area contributed by atoms with Gasteiger partial charge in [-0.05, 0) is 5.92 Å². The Balaban J connectivity index is 1.87. The van der Waals surface area contributed by atoms with Gasteiger partial charge in [0.25, 0.3) is 0 Å². The Bertz CT molecular complexity index is 303. The van der Waals surface area contributed by atoms with E-state index in [2.05, 4.69) is 5.10 Å². The minimum Gasteiger partial charge on any atom is -0.271 e. The van der Waals surface area contributed by atoms with E-state index in [1.807, 2.05) is 0 Å². The third-order valence-electron chi connectivity index (χ3n) is 2.22. The first-order chi connectivity index (χ1) is 6.05. The van der Waals surface area contributed by atoms with E-state index in [4.69, 9.17) is 11.6 Å². The van der Waals surface area contributed by atoms with Crippen molar-refractivity contribution in [3.8, 4) is 0 Å². The van der Waals surface area contributed by atoms with E-state index < -0.39 is 5.92 Å². The summed E-state index contributed by atoms with van der Waals surface area (Å²) in [7, 11) is 0. The second kappa shape index (κ2) is 2.94. The van der Waals surface area contributed by atoms with Crippen LogP contribution in [-0.2, 0) is 6.54 Å². The van der Waals surface area contributed by atoms with Crippen molar-refractivity contribution < 1.29 is 8.78 Å². The molecule has 1 fully saturated rings. The van der Waals surface area contributed by atoms with E-state index >= 15 is 0 Å². The highest BCUT2D eigenvalue weighted by Gasteiger charge is 2.45. The Morgan fingerprint density at radius 1 is 1.62 bits per heavy atom. The number of aromatic nitrogens is 2. The molecular formula is C8H9ClF2N2. The largest absolute Gasteiger partial charge is 0.271 e. The second-order valence-electron chi connectivity index (χ2n) is 3.51.